The Morgan fingerprint density at radius 3 is 2.46 bits per heavy atom. The summed E-state index contributed by atoms with van der Waals surface area (Å²) in [6, 6.07) is 15.5. The van der Waals surface area contributed by atoms with E-state index in [1.807, 2.05) is 30.3 Å². The summed E-state index contributed by atoms with van der Waals surface area (Å²) in [5.41, 5.74) is 3.40. The first-order valence-electron chi connectivity index (χ1n) is 16.5. The van der Waals surface area contributed by atoms with Crippen LogP contribution in [0.4, 0.5) is 11.4 Å². The Bertz CT molecular complexity index is 1910. The molecule has 2 saturated heterocycles. The van der Waals surface area contributed by atoms with E-state index in [0.717, 1.165) is 17.6 Å². The fourth-order valence-corrected chi connectivity index (χ4v) is 6.73. The largest absolute Gasteiger partial charge is 0.493 e. The van der Waals surface area contributed by atoms with Crippen LogP contribution in [-0.4, -0.2) is 92.2 Å². The summed E-state index contributed by atoms with van der Waals surface area (Å²) < 4.78 is 22.9. The maximum absolute atomic E-state index is 13.7. The van der Waals surface area contributed by atoms with Gasteiger partial charge >= 0.3 is 0 Å². The van der Waals surface area contributed by atoms with Crippen molar-refractivity contribution in [2.24, 2.45) is 4.99 Å². The van der Waals surface area contributed by atoms with Crippen molar-refractivity contribution in [3.8, 4) is 23.0 Å². The molecule has 4 aliphatic heterocycles. The summed E-state index contributed by atoms with van der Waals surface area (Å²) >= 11 is 0. The van der Waals surface area contributed by atoms with Crippen molar-refractivity contribution < 1.29 is 38.1 Å². The fourth-order valence-electron chi connectivity index (χ4n) is 6.73. The second-order valence-corrected chi connectivity index (χ2v) is 12.4. The van der Waals surface area contributed by atoms with Crippen LogP contribution in [0.2, 0.25) is 0 Å². The zero-order chi connectivity index (χ0) is 34.8. The maximum Gasteiger partial charge on any atom is 0.257 e. The molecule has 258 valence electrons. The zero-order valence-corrected chi connectivity index (χ0v) is 27.8. The second kappa shape index (κ2) is 13.9. The molecule has 0 aromatic heterocycles. The molecule has 13 heteroatoms. The van der Waals surface area contributed by atoms with Gasteiger partial charge in [0.1, 0.15) is 19.3 Å². The molecule has 4 heterocycles. The summed E-state index contributed by atoms with van der Waals surface area (Å²) in [7, 11) is 3.00. The van der Waals surface area contributed by atoms with Gasteiger partial charge in [-0.25, -0.2) is 0 Å². The van der Waals surface area contributed by atoms with Gasteiger partial charge in [0.2, 0.25) is 11.8 Å². The van der Waals surface area contributed by atoms with Gasteiger partial charge < -0.3 is 39.4 Å². The number of nitrogens with one attached hydrogen (secondary N) is 2. The van der Waals surface area contributed by atoms with Crippen molar-refractivity contribution in [1.82, 2.24) is 15.1 Å². The average Bonchev–Trinajstić information content (AvgIpc) is 3.74. The number of amides is 4. The van der Waals surface area contributed by atoms with Gasteiger partial charge in [-0.1, -0.05) is 30.3 Å². The Morgan fingerprint density at radius 2 is 1.68 bits per heavy atom. The van der Waals surface area contributed by atoms with E-state index in [9.17, 15) is 19.2 Å². The summed E-state index contributed by atoms with van der Waals surface area (Å²) in [5, 5.41) is 5.67. The minimum atomic E-state index is -0.483. The van der Waals surface area contributed by atoms with E-state index < -0.39 is 6.04 Å². The van der Waals surface area contributed by atoms with E-state index in [0.29, 0.717) is 71.5 Å². The Kier molecular flexibility index (Phi) is 9.11. The van der Waals surface area contributed by atoms with Crippen LogP contribution in [0.3, 0.4) is 0 Å². The van der Waals surface area contributed by atoms with Gasteiger partial charge in [-0.05, 0) is 42.5 Å². The molecule has 4 aliphatic rings. The predicted octanol–water partition coefficient (Wildman–Crippen LogP) is 3.89. The third-order valence-electron chi connectivity index (χ3n) is 9.24. The highest BCUT2D eigenvalue weighted by molar-refractivity contribution is 6.10. The number of anilines is 1. The van der Waals surface area contributed by atoms with Crippen molar-refractivity contribution in [3.63, 3.8) is 0 Å². The number of carbonyl (C=O) groups is 4. The van der Waals surface area contributed by atoms with Crippen LogP contribution >= 0.6 is 0 Å². The highest BCUT2D eigenvalue weighted by Gasteiger charge is 2.39. The van der Waals surface area contributed by atoms with Crippen molar-refractivity contribution >= 4 is 41.2 Å². The van der Waals surface area contributed by atoms with Crippen molar-refractivity contribution in [1.29, 1.82) is 0 Å². The number of hydrogen-bond acceptors (Lipinski definition) is 9. The molecular weight excluding hydrogens is 642 g/mol. The summed E-state index contributed by atoms with van der Waals surface area (Å²) in [6.07, 6.45) is 5.12. The number of methoxy groups -OCH3 is 2. The van der Waals surface area contributed by atoms with E-state index in [1.165, 1.54) is 20.3 Å². The molecule has 0 radical (unpaired) electrons. The molecule has 3 aromatic carbocycles. The highest BCUT2D eigenvalue weighted by atomic mass is 16.5. The molecule has 0 unspecified atom stereocenters. The van der Waals surface area contributed by atoms with Crippen LogP contribution in [0, 0.1) is 0 Å². The third kappa shape index (κ3) is 6.46. The first kappa shape index (κ1) is 32.7. The highest BCUT2D eigenvalue weighted by Crippen LogP contribution is 2.40. The number of carbonyl (C=O) groups excluding carboxylic acids is 4. The van der Waals surface area contributed by atoms with Crippen LogP contribution in [0.25, 0.3) is 0 Å². The molecule has 0 bridgehead atoms. The molecule has 2 fully saturated rings. The number of ether oxygens (including phenoxy) is 4. The first-order valence-corrected chi connectivity index (χ1v) is 16.5. The SMILES string of the molecule is COc1cc2c(cc1OCCNC(=O)/C=C1\C[C@H]3C=Nc4cc(OCc5ccccc5)c(OC)cc4C(=O)N3C1)NC(=O)[C@@H]1CCCN1C2=O. The predicted molar refractivity (Wildman–Crippen MR) is 184 cm³/mol. The van der Waals surface area contributed by atoms with Gasteiger partial charge in [0, 0.05) is 37.5 Å². The summed E-state index contributed by atoms with van der Waals surface area (Å²) in [5.74, 6) is 0.631. The monoisotopic (exact) mass is 679 g/mol. The average molecular weight is 680 g/mol. The van der Waals surface area contributed by atoms with Crippen molar-refractivity contribution in [2.75, 3.05) is 45.8 Å². The van der Waals surface area contributed by atoms with Crippen LogP contribution < -0.4 is 29.6 Å². The minimum Gasteiger partial charge on any atom is -0.493 e. The van der Waals surface area contributed by atoms with E-state index in [2.05, 4.69) is 15.6 Å². The first-order chi connectivity index (χ1) is 24.3. The summed E-state index contributed by atoms with van der Waals surface area (Å²) in [4.78, 5) is 60.3. The lowest BCUT2D eigenvalue weighted by molar-refractivity contribution is -0.119. The molecule has 0 spiro atoms. The summed E-state index contributed by atoms with van der Waals surface area (Å²) in [6.45, 7) is 1.44. The Hall–Kier alpha value is -5.85. The molecule has 7 rings (SSSR count). The number of hydrogen-bond donors (Lipinski definition) is 2. The number of fused-ring (bicyclic) bond motifs is 4. The molecule has 2 N–H and O–H groups in total. The van der Waals surface area contributed by atoms with Gasteiger partial charge in [-0.2, -0.15) is 0 Å². The Balaban J connectivity index is 0.957. The van der Waals surface area contributed by atoms with Gasteiger partial charge in [-0.15, -0.1) is 0 Å². The standard InChI is InChI=1S/C37H37N5O8/c1-47-30-16-26-28(40-35(44)29-9-6-11-41(29)36(26)45)18-32(30)49-12-10-38-34(43)14-23-13-24-19-39-27-17-33(50-21-22-7-4-3-5-8-22)31(48-2)15-25(27)37(46)42(24)20-23/h3-5,7-8,14-19,24,29H,6,9-13,20-21H2,1-2H3,(H,38,43)(H,40,44)/b23-14+/t24-,29-/m0/s1. The van der Waals surface area contributed by atoms with E-state index in [4.69, 9.17) is 18.9 Å². The topological polar surface area (TPSA) is 148 Å². The molecule has 0 aliphatic carbocycles. The third-order valence-corrected chi connectivity index (χ3v) is 9.24. The lowest BCUT2D eigenvalue weighted by atomic mass is 10.1. The molecule has 2 atom stereocenters. The molecule has 0 saturated carbocycles. The van der Waals surface area contributed by atoms with Crippen molar-refractivity contribution in [2.45, 2.75) is 38.0 Å². The van der Waals surface area contributed by atoms with Gasteiger partial charge in [0.15, 0.2) is 23.0 Å². The van der Waals surface area contributed by atoms with Gasteiger partial charge in [0.25, 0.3) is 11.8 Å². The van der Waals surface area contributed by atoms with Crippen molar-refractivity contribution in [3.05, 3.63) is 82.9 Å². The van der Waals surface area contributed by atoms with Crippen LogP contribution in [-0.2, 0) is 16.2 Å². The molecule has 4 amide bonds. The van der Waals surface area contributed by atoms with Crippen LogP contribution in [0.15, 0.2) is 71.2 Å². The molecule has 3 aromatic rings. The number of rotatable bonds is 10. The lowest BCUT2D eigenvalue weighted by Gasteiger charge is -2.20. The lowest BCUT2D eigenvalue weighted by Crippen LogP contribution is -2.40. The molecular formula is C37H37N5O8. The Labute approximate surface area is 288 Å². The normalized spacial score (nSPS) is 19.9. The molecule has 50 heavy (non-hydrogen) atoms. The zero-order valence-electron chi connectivity index (χ0n) is 27.8. The quantitative estimate of drug-likeness (QED) is 0.242. The Morgan fingerprint density at radius 1 is 0.940 bits per heavy atom. The maximum atomic E-state index is 13.7. The molecule has 13 nitrogen and oxygen atoms in total. The number of nitrogens with zero attached hydrogens (tertiary/aromatic N) is 3. The van der Waals surface area contributed by atoms with E-state index >= 15 is 0 Å². The van der Waals surface area contributed by atoms with Crippen LogP contribution in [0.1, 0.15) is 45.5 Å². The van der Waals surface area contributed by atoms with E-state index in [1.54, 1.807) is 40.3 Å². The van der Waals surface area contributed by atoms with Gasteiger partial charge in [-0.3, -0.25) is 24.2 Å². The van der Waals surface area contributed by atoms with Gasteiger partial charge in [0.05, 0.1) is 49.3 Å². The number of benzene rings is 3. The fraction of sp³-hybridized carbons (Fsp3) is 0.324. The smallest absolute Gasteiger partial charge is 0.257 e. The second-order valence-electron chi connectivity index (χ2n) is 12.4. The van der Waals surface area contributed by atoms with Crippen LogP contribution in [0.5, 0.6) is 23.0 Å². The minimum absolute atomic E-state index is 0.107. The van der Waals surface area contributed by atoms with E-state index in [-0.39, 0.29) is 49.4 Å². The number of aliphatic imine (C=N–C) groups is 1.